The maximum Gasteiger partial charge on any atom is 0.316 e. The summed E-state index contributed by atoms with van der Waals surface area (Å²) >= 11 is 0. The van der Waals surface area contributed by atoms with Gasteiger partial charge in [-0.15, -0.1) is 0 Å². The molecule has 1 amide bonds. The van der Waals surface area contributed by atoms with Crippen LogP contribution in [0, 0.1) is 5.92 Å². The van der Waals surface area contributed by atoms with Gasteiger partial charge in [-0.1, -0.05) is 68.4 Å². The molecule has 0 aromatic heterocycles. The van der Waals surface area contributed by atoms with Gasteiger partial charge in [0.05, 0.1) is 18.7 Å². The Hall–Kier alpha value is -3.60. The highest BCUT2D eigenvalue weighted by Gasteiger charge is 2.37. The molecule has 1 heterocycles. The van der Waals surface area contributed by atoms with Crippen molar-refractivity contribution >= 4 is 17.6 Å². The smallest absolute Gasteiger partial charge is 0.316 e. The van der Waals surface area contributed by atoms with Crippen LogP contribution in [0.2, 0.25) is 0 Å². The molecule has 0 bridgehead atoms. The molecule has 0 unspecified atom stereocenters. The number of benzene rings is 3. The van der Waals surface area contributed by atoms with Crippen LogP contribution < -0.4 is 14.4 Å². The molecular formula is C27H27NO4. The van der Waals surface area contributed by atoms with Gasteiger partial charge in [-0.05, 0) is 35.4 Å². The highest BCUT2D eigenvalue weighted by Crippen LogP contribution is 2.34. The molecule has 0 radical (unpaired) electrons. The first-order valence-electron chi connectivity index (χ1n) is 10.7. The van der Waals surface area contributed by atoms with Gasteiger partial charge in [-0.2, -0.15) is 0 Å². The molecule has 1 aliphatic rings. The van der Waals surface area contributed by atoms with Crippen LogP contribution in [-0.4, -0.2) is 25.5 Å². The minimum atomic E-state index is -0.521. The Morgan fingerprint density at radius 2 is 1.53 bits per heavy atom. The van der Waals surface area contributed by atoms with E-state index in [1.54, 1.807) is 18.1 Å². The van der Waals surface area contributed by atoms with Crippen molar-refractivity contribution in [2.75, 3.05) is 18.6 Å². The molecule has 0 saturated carbocycles. The molecule has 0 N–H and O–H groups in total. The van der Waals surface area contributed by atoms with Gasteiger partial charge < -0.3 is 14.4 Å². The summed E-state index contributed by atoms with van der Waals surface area (Å²) in [6, 6.07) is 25.2. The minimum Gasteiger partial charge on any atom is -0.495 e. The van der Waals surface area contributed by atoms with Crippen molar-refractivity contribution in [1.82, 2.24) is 0 Å². The Morgan fingerprint density at radius 1 is 0.906 bits per heavy atom. The van der Waals surface area contributed by atoms with Crippen molar-refractivity contribution in [2.24, 2.45) is 5.92 Å². The predicted octanol–water partition coefficient (Wildman–Crippen LogP) is 4.98. The topological polar surface area (TPSA) is 55.8 Å². The fraction of sp³-hybridized carbons (Fsp3) is 0.259. The van der Waals surface area contributed by atoms with Gasteiger partial charge in [-0.25, -0.2) is 0 Å². The molecule has 1 atom stereocenters. The number of ether oxygens (including phenoxy) is 2. The van der Waals surface area contributed by atoms with E-state index in [1.165, 1.54) is 5.56 Å². The van der Waals surface area contributed by atoms with Crippen molar-refractivity contribution in [1.29, 1.82) is 0 Å². The number of rotatable bonds is 6. The average Bonchev–Trinajstić information content (AvgIpc) is 3.21. The van der Waals surface area contributed by atoms with E-state index in [4.69, 9.17) is 9.47 Å². The maximum atomic E-state index is 12.8. The SMILES string of the molecule is COc1ccccc1N1C[C@@H](C(=O)Oc2ccc(C(C)(C)c3ccccc3)cc2)CC1=O. The van der Waals surface area contributed by atoms with Crippen LogP contribution in [0.15, 0.2) is 78.9 Å². The van der Waals surface area contributed by atoms with Crippen molar-refractivity contribution < 1.29 is 19.1 Å². The number of carbonyl (C=O) groups is 2. The van der Waals surface area contributed by atoms with Crippen molar-refractivity contribution in [3.8, 4) is 11.5 Å². The zero-order chi connectivity index (χ0) is 22.7. The van der Waals surface area contributed by atoms with E-state index in [0.717, 1.165) is 5.56 Å². The van der Waals surface area contributed by atoms with E-state index >= 15 is 0 Å². The first kappa shape index (κ1) is 21.6. The number of hydrogen-bond acceptors (Lipinski definition) is 4. The summed E-state index contributed by atoms with van der Waals surface area (Å²) in [6.45, 7) is 4.61. The van der Waals surface area contributed by atoms with Crippen molar-refractivity contribution in [2.45, 2.75) is 25.7 Å². The van der Waals surface area contributed by atoms with Crippen LogP contribution in [0.1, 0.15) is 31.4 Å². The summed E-state index contributed by atoms with van der Waals surface area (Å²) in [5.41, 5.74) is 2.84. The Morgan fingerprint density at radius 3 is 2.22 bits per heavy atom. The summed E-state index contributed by atoms with van der Waals surface area (Å²) < 4.78 is 11.0. The van der Waals surface area contributed by atoms with Crippen molar-refractivity contribution in [3.63, 3.8) is 0 Å². The second-order valence-electron chi connectivity index (χ2n) is 8.51. The fourth-order valence-corrected chi connectivity index (χ4v) is 4.11. The van der Waals surface area contributed by atoms with Crippen LogP contribution in [0.5, 0.6) is 11.5 Å². The number of anilines is 1. The molecule has 3 aromatic carbocycles. The molecule has 5 heteroatoms. The second kappa shape index (κ2) is 8.87. The summed E-state index contributed by atoms with van der Waals surface area (Å²) in [4.78, 5) is 26.9. The number of para-hydroxylation sites is 2. The van der Waals surface area contributed by atoms with Gasteiger partial charge in [0.15, 0.2) is 0 Å². The molecule has 0 aliphatic carbocycles. The Bertz CT molecular complexity index is 1110. The van der Waals surface area contributed by atoms with E-state index in [-0.39, 0.29) is 24.3 Å². The number of hydrogen-bond donors (Lipinski definition) is 0. The second-order valence-corrected chi connectivity index (χ2v) is 8.51. The van der Waals surface area contributed by atoms with Crippen LogP contribution in [0.3, 0.4) is 0 Å². The maximum absolute atomic E-state index is 12.8. The lowest BCUT2D eigenvalue weighted by Crippen LogP contribution is -2.27. The third-order valence-electron chi connectivity index (χ3n) is 6.12. The lowest BCUT2D eigenvalue weighted by Gasteiger charge is -2.26. The third kappa shape index (κ3) is 4.24. The number of methoxy groups -OCH3 is 1. The number of nitrogens with zero attached hydrogens (tertiary/aromatic N) is 1. The fourth-order valence-electron chi connectivity index (χ4n) is 4.11. The lowest BCUT2D eigenvalue weighted by molar-refractivity contribution is -0.139. The Kier molecular flexibility index (Phi) is 5.99. The van der Waals surface area contributed by atoms with Gasteiger partial charge in [0.2, 0.25) is 5.91 Å². The van der Waals surface area contributed by atoms with E-state index in [9.17, 15) is 9.59 Å². The molecule has 5 nitrogen and oxygen atoms in total. The van der Waals surface area contributed by atoms with Crippen LogP contribution in [0.4, 0.5) is 5.69 Å². The van der Waals surface area contributed by atoms with Crippen LogP contribution in [-0.2, 0) is 15.0 Å². The molecule has 164 valence electrons. The normalized spacial score (nSPS) is 16.2. The first-order valence-corrected chi connectivity index (χ1v) is 10.7. The molecule has 32 heavy (non-hydrogen) atoms. The molecule has 4 rings (SSSR count). The number of carbonyl (C=O) groups excluding carboxylic acids is 2. The van der Waals surface area contributed by atoms with E-state index in [1.807, 2.05) is 60.7 Å². The van der Waals surface area contributed by atoms with Gasteiger partial charge in [0.25, 0.3) is 0 Å². The molecule has 3 aromatic rings. The van der Waals surface area contributed by atoms with Gasteiger partial charge in [0.1, 0.15) is 11.5 Å². The largest absolute Gasteiger partial charge is 0.495 e. The Balaban J connectivity index is 1.44. The molecule has 1 fully saturated rings. The van der Waals surface area contributed by atoms with Crippen LogP contribution in [0.25, 0.3) is 0 Å². The van der Waals surface area contributed by atoms with Gasteiger partial charge in [-0.3, -0.25) is 9.59 Å². The lowest BCUT2D eigenvalue weighted by atomic mass is 9.78. The summed E-state index contributed by atoms with van der Waals surface area (Å²) in [6.07, 6.45) is 0.121. The average molecular weight is 430 g/mol. The standard InChI is InChI=1S/C27H27NO4/c1-27(2,20-9-5-4-6-10-20)21-13-15-22(16-14-21)32-26(30)19-17-25(29)28(18-19)23-11-7-8-12-24(23)31-3/h4-16,19H,17-18H2,1-3H3/t19-/m0/s1. The third-order valence-corrected chi connectivity index (χ3v) is 6.12. The number of amides is 1. The zero-order valence-electron chi connectivity index (χ0n) is 18.6. The zero-order valence-corrected chi connectivity index (χ0v) is 18.6. The molecular weight excluding hydrogens is 402 g/mol. The molecule has 0 spiro atoms. The number of esters is 1. The molecule has 1 saturated heterocycles. The van der Waals surface area contributed by atoms with Gasteiger partial charge >= 0.3 is 5.97 Å². The molecule has 1 aliphatic heterocycles. The highest BCUT2D eigenvalue weighted by atomic mass is 16.5. The van der Waals surface area contributed by atoms with Gasteiger partial charge in [0, 0.05) is 18.4 Å². The first-order chi connectivity index (χ1) is 15.4. The quantitative estimate of drug-likeness (QED) is 0.410. The van der Waals surface area contributed by atoms with E-state index < -0.39 is 11.9 Å². The summed E-state index contributed by atoms with van der Waals surface area (Å²) in [5.74, 6) is 0.0485. The predicted molar refractivity (Wildman–Crippen MR) is 124 cm³/mol. The van der Waals surface area contributed by atoms with Crippen molar-refractivity contribution in [3.05, 3.63) is 90.0 Å². The minimum absolute atomic E-state index is 0.114. The van der Waals surface area contributed by atoms with Crippen LogP contribution >= 0.6 is 0 Å². The summed E-state index contributed by atoms with van der Waals surface area (Å²) in [7, 11) is 1.56. The van der Waals surface area contributed by atoms with E-state index in [0.29, 0.717) is 17.2 Å². The Labute approximate surface area is 188 Å². The monoisotopic (exact) mass is 429 g/mol. The van der Waals surface area contributed by atoms with E-state index in [2.05, 4.69) is 26.0 Å². The highest BCUT2D eigenvalue weighted by molar-refractivity contribution is 6.00. The summed E-state index contributed by atoms with van der Waals surface area (Å²) in [5, 5.41) is 0.